The molecule has 96 valence electrons. The number of allylic oxidation sites excluding steroid dienone is 1. The van der Waals surface area contributed by atoms with Crippen molar-refractivity contribution < 1.29 is 24.1 Å². The van der Waals surface area contributed by atoms with Crippen LogP contribution in [0.4, 0.5) is 4.79 Å². The van der Waals surface area contributed by atoms with Gasteiger partial charge >= 0.3 is 6.16 Å². The molecule has 17 heavy (non-hydrogen) atoms. The van der Waals surface area contributed by atoms with Crippen molar-refractivity contribution in [3.8, 4) is 0 Å². The third-order valence-electron chi connectivity index (χ3n) is 3.09. The van der Waals surface area contributed by atoms with E-state index in [4.69, 9.17) is 14.2 Å². The van der Waals surface area contributed by atoms with Crippen molar-refractivity contribution in [2.24, 2.45) is 5.92 Å². The first-order valence-corrected chi connectivity index (χ1v) is 5.94. The first-order chi connectivity index (χ1) is 8.11. The smallest absolute Gasteiger partial charge is 0.494 e. The van der Waals surface area contributed by atoms with Crippen LogP contribution in [0.3, 0.4) is 0 Å². The Hall–Kier alpha value is -1.23. The van der Waals surface area contributed by atoms with Gasteiger partial charge in [-0.15, -0.1) is 0 Å². The summed E-state index contributed by atoms with van der Waals surface area (Å²) in [7, 11) is 0. The Kier molecular flexibility index (Phi) is 3.57. The van der Waals surface area contributed by atoms with Gasteiger partial charge in [-0.1, -0.05) is 0 Å². The van der Waals surface area contributed by atoms with Crippen LogP contribution in [0.1, 0.15) is 26.7 Å². The van der Waals surface area contributed by atoms with Crippen LogP contribution >= 0.6 is 0 Å². The largest absolute Gasteiger partial charge is 0.508 e. The molecule has 2 heterocycles. The molecular weight excluding hydrogens is 224 g/mol. The SMILES string of the molecule is CC(C)OC(=O)OCC1C(CO)=C2CCC1O2. The van der Waals surface area contributed by atoms with E-state index < -0.39 is 6.16 Å². The number of hydrogen-bond donors (Lipinski definition) is 1. The van der Waals surface area contributed by atoms with E-state index >= 15 is 0 Å². The Labute approximate surface area is 100 Å². The lowest BCUT2D eigenvalue weighted by Gasteiger charge is -2.19. The quantitative estimate of drug-likeness (QED) is 0.758. The third kappa shape index (κ3) is 2.54. The predicted octanol–water partition coefficient (Wildman–Crippen LogP) is 1.60. The third-order valence-corrected chi connectivity index (χ3v) is 3.09. The summed E-state index contributed by atoms with van der Waals surface area (Å²) < 4.78 is 15.5. The fourth-order valence-corrected chi connectivity index (χ4v) is 2.32. The molecule has 5 heteroatoms. The van der Waals surface area contributed by atoms with Gasteiger partial charge in [-0.3, -0.25) is 0 Å². The lowest BCUT2D eigenvalue weighted by atomic mass is 9.88. The summed E-state index contributed by atoms with van der Waals surface area (Å²) in [6, 6.07) is 0. The Morgan fingerprint density at radius 3 is 3.00 bits per heavy atom. The van der Waals surface area contributed by atoms with Gasteiger partial charge in [-0.25, -0.2) is 4.79 Å². The van der Waals surface area contributed by atoms with E-state index in [2.05, 4.69) is 0 Å². The zero-order valence-electron chi connectivity index (χ0n) is 10.1. The van der Waals surface area contributed by atoms with Gasteiger partial charge in [-0.05, 0) is 20.3 Å². The Morgan fingerprint density at radius 2 is 2.35 bits per heavy atom. The second-order valence-corrected chi connectivity index (χ2v) is 4.64. The minimum Gasteiger partial charge on any atom is -0.494 e. The molecule has 1 fully saturated rings. The second kappa shape index (κ2) is 4.96. The van der Waals surface area contributed by atoms with E-state index in [-0.39, 0.29) is 31.3 Å². The molecule has 0 radical (unpaired) electrons. The van der Waals surface area contributed by atoms with Gasteiger partial charge in [-0.2, -0.15) is 0 Å². The predicted molar refractivity (Wildman–Crippen MR) is 59.3 cm³/mol. The van der Waals surface area contributed by atoms with E-state index in [9.17, 15) is 9.90 Å². The molecule has 1 saturated heterocycles. The molecule has 0 aromatic carbocycles. The van der Waals surface area contributed by atoms with Crippen molar-refractivity contribution in [2.75, 3.05) is 13.2 Å². The highest BCUT2D eigenvalue weighted by Crippen LogP contribution is 2.42. The Bertz CT molecular complexity index is 334. The molecular formula is C12H18O5. The molecule has 5 nitrogen and oxygen atoms in total. The van der Waals surface area contributed by atoms with Gasteiger partial charge in [0.05, 0.1) is 24.4 Å². The zero-order chi connectivity index (χ0) is 12.4. The van der Waals surface area contributed by atoms with Gasteiger partial charge < -0.3 is 19.3 Å². The minimum absolute atomic E-state index is 0.0107. The summed E-state index contributed by atoms with van der Waals surface area (Å²) in [4.78, 5) is 11.2. The first kappa shape index (κ1) is 12.2. The minimum atomic E-state index is -0.662. The average molecular weight is 242 g/mol. The number of rotatable bonds is 4. The van der Waals surface area contributed by atoms with Gasteiger partial charge in [0.15, 0.2) is 0 Å². The van der Waals surface area contributed by atoms with Crippen molar-refractivity contribution in [3.05, 3.63) is 11.3 Å². The maximum Gasteiger partial charge on any atom is 0.508 e. The number of aliphatic hydroxyl groups is 1. The van der Waals surface area contributed by atoms with Crippen molar-refractivity contribution in [1.29, 1.82) is 0 Å². The van der Waals surface area contributed by atoms with E-state index in [1.165, 1.54) is 0 Å². The summed E-state index contributed by atoms with van der Waals surface area (Å²) in [5.41, 5.74) is 0.874. The van der Waals surface area contributed by atoms with Crippen LogP contribution in [0.25, 0.3) is 0 Å². The maximum absolute atomic E-state index is 11.2. The fraction of sp³-hybridized carbons (Fsp3) is 0.750. The first-order valence-electron chi connectivity index (χ1n) is 5.94. The summed E-state index contributed by atoms with van der Waals surface area (Å²) >= 11 is 0. The highest BCUT2D eigenvalue weighted by Gasteiger charge is 2.41. The molecule has 0 saturated carbocycles. The molecule has 0 amide bonds. The molecule has 2 aliphatic rings. The molecule has 2 aliphatic heterocycles. The summed E-state index contributed by atoms with van der Waals surface area (Å²) in [5.74, 6) is 0.867. The van der Waals surface area contributed by atoms with Gasteiger partial charge in [0.1, 0.15) is 12.7 Å². The Balaban J connectivity index is 1.86. The van der Waals surface area contributed by atoms with Crippen LogP contribution in [0, 0.1) is 5.92 Å². The Morgan fingerprint density at radius 1 is 1.59 bits per heavy atom. The van der Waals surface area contributed by atoms with Crippen LogP contribution in [0.15, 0.2) is 11.3 Å². The molecule has 0 spiro atoms. The number of hydrogen-bond acceptors (Lipinski definition) is 5. The maximum atomic E-state index is 11.2. The van der Waals surface area contributed by atoms with Crippen molar-refractivity contribution in [1.82, 2.24) is 0 Å². The van der Waals surface area contributed by atoms with E-state index in [1.807, 2.05) is 0 Å². The monoisotopic (exact) mass is 242 g/mol. The molecule has 2 bridgehead atoms. The van der Waals surface area contributed by atoms with E-state index in [0.29, 0.717) is 0 Å². The number of ether oxygens (including phenoxy) is 3. The molecule has 0 aromatic heterocycles. The van der Waals surface area contributed by atoms with Crippen molar-refractivity contribution in [2.45, 2.75) is 38.9 Å². The van der Waals surface area contributed by atoms with Crippen LogP contribution in [0.5, 0.6) is 0 Å². The summed E-state index contributed by atoms with van der Waals surface area (Å²) in [6.45, 7) is 3.72. The van der Waals surface area contributed by atoms with Crippen molar-refractivity contribution >= 4 is 6.16 Å². The van der Waals surface area contributed by atoms with E-state index in [0.717, 1.165) is 24.2 Å². The van der Waals surface area contributed by atoms with Gasteiger partial charge in [0, 0.05) is 12.0 Å². The standard InChI is InChI=1S/C12H18O5/c1-7(2)16-12(14)15-6-9-8(5-13)10-3-4-11(9)17-10/h7,9,11,13H,3-6H2,1-2H3. The van der Waals surface area contributed by atoms with Crippen LogP contribution in [-0.4, -0.2) is 36.7 Å². The molecule has 2 atom stereocenters. The molecule has 0 aromatic rings. The molecule has 2 rings (SSSR count). The zero-order valence-corrected chi connectivity index (χ0v) is 10.1. The summed E-state index contributed by atoms with van der Waals surface area (Å²) in [6.07, 6.45) is 1.03. The highest BCUT2D eigenvalue weighted by atomic mass is 16.7. The number of carbonyl (C=O) groups is 1. The lowest BCUT2D eigenvalue weighted by Crippen LogP contribution is -2.27. The average Bonchev–Trinajstić information content (AvgIpc) is 2.84. The molecule has 0 aliphatic carbocycles. The van der Waals surface area contributed by atoms with Crippen LogP contribution in [0.2, 0.25) is 0 Å². The topological polar surface area (TPSA) is 65.0 Å². The molecule has 2 unspecified atom stereocenters. The fourth-order valence-electron chi connectivity index (χ4n) is 2.32. The van der Waals surface area contributed by atoms with Crippen LogP contribution in [-0.2, 0) is 14.2 Å². The van der Waals surface area contributed by atoms with Gasteiger partial charge in [0.2, 0.25) is 0 Å². The normalized spacial score (nSPS) is 26.4. The number of aliphatic hydroxyl groups excluding tert-OH is 1. The second-order valence-electron chi connectivity index (χ2n) is 4.64. The van der Waals surface area contributed by atoms with E-state index in [1.54, 1.807) is 13.8 Å². The van der Waals surface area contributed by atoms with Gasteiger partial charge in [0.25, 0.3) is 0 Å². The number of fused-ring (bicyclic) bond motifs is 2. The number of carbonyl (C=O) groups excluding carboxylic acids is 1. The summed E-state index contributed by atoms with van der Waals surface area (Å²) in [5, 5.41) is 9.26. The highest BCUT2D eigenvalue weighted by molar-refractivity contribution is 5.60. The van der Waals surface area contributed by atoms with Crippen molar-refractivity contribution in [3.63, 3.8) is 0 Å². The molecule has 1 N–H and O–H groups in total. The lowest BCUT2D eigenvalue weighted by molar-refractivity contribution is 0.0173. The van der Waals surface area contributed by atoms with Crippen LogP contribution < -0.4 is 0 Å².